The molecule has 24 heavy (non-hydrogen) atoms. The van der Waals surface area contributed by atoms with E-state index in [0.29, 0.717) is 12.2 Å². The lowest BCUT2D eigenvalue weighted by molar-refractivity contribution is 0.446. The molecule has 0 spiro atoms. The van der Waals surface area contributed by atoms with Crippen LogP contribution in [-0.4, -0.2) is 5.11 Å². The maximum absolute atomic E-state index is 10.2. The number of phenolic OH excluding ortho intramolecular Hbond substituents is 1. The van der Waals surface area contributed by atoms with Crippen molar-refractivity contribution in [2.75, 3.05) is 0 Å². The van der Waals surface area contributed by atoms with Crippen LogP contribution in [0, 0.1) is 13.8 Å². The quantitative estimate of drug-likeness (QED) is 0.719. The summed E-state index contributed by atoms with van der Waals surface area (Å²) in [6.45, 7) is 12.7. The number of aryl methyl sites for hydroxylation is 2. The van der Waals surface area contributed by atoms with Gasteiger partial charge in [0.15, 0.2) is 0 Å². The molecule has 1 N–H and O–H groups in total. The first-order chi connectivity index (χ1) is 11.2. The second kappa shape index (κ2) is 7.12. The van der Waals surface area contributed by atoms with Crippen molar-refractivity contribution in [3.05, 3.63) is 70.5 Å². The normalized spacial score (nSPS) is 11.9. The molecule has 0 heterocycles. The highest BCUT2D eigenvalue weighted by Gasteiger charge is 2.22. The second-order valence-electron chi connectivity index (χ2n) is 7.45. The Hall–Kier alpha value is -2.22. The zero-order chi connectivity index (χ0) is 17.9. The molecular formula is C22H28O2. The fraction of sp³-hybridized carbons (Fsp3) is 0.364. The number of phenols is 1. The molecule has 2 rings (SSSR count). The first-order valence-corrected chi connectivity index (χ1v) is 8.42. The van der Waals surface area contributed by atoms with Crippen molar-refractivity contribution in [1.29, 1.82) is 0 Å². The van der Waals surface area contributed by atoms with Gasteiger partial charge >= 0.3 is 0 Å². The van der Waals surface area contributed by atoms with E-state index >= 15 is 0 Å². The van der Waals surface area contributed by atoms with Crippen LogP contribution in [0.5, 0.6) is 11.5 Å². The Kier molecular flexibility index (Phi) is 5.38. The molecule has 2 aromatic rings. The summed E-state index contributed by atoms with van der Waals surface area (Å²) >= 11 is 0. The molecule has 0 aliphatic rings. The van der Waals surface area contributed by atoms with Crippen LogP contribution in [0.4, 0.5) is 0 Å². The minimum Gasteiger partial charge on any atom is -0.508 e. The van der Waals surface area contributed by atoms with Crippen LogP contribution in [-0.2, 0) is 11.8 Å². The average Bonchev–Trinajstić information content (AvgIpc) is 2.48. The van der Waals surface area contributed by atoms with E-state index in [-0.39, 0.29) is 5.41 Å². The van der Waals surface area contributed by atoms with Gasteiger partial charge < -0.3 is 9.84 Å². The number of ether oxygens (including phenoxy) is 1. The molecule has 0 atom stereocenters. The topological polar surface area (TPSA) is 29.5 Å². The Labute approximate surface area is 145 Å². The van der Waals surface area contributed by atoms with E-state index in [1.807, 2.05) is 32.1 Å². The number of allylic oxidation sites excluding steroid dienone is 1. The maximum atomic E-state index is 10.2. The molecule has 2 aromatic carbocycles. The predicted molar refractivity (Wildman–Crippen MR) is 101 cm³/mol. The molecule has 0 fully saturated rings. The van der Waals surface area contributed by atoms with Gasteiger partial charge in [0.25, 0.3) is 0 Å². The van der Waals surface area contributed by atoms with Crippen LogP contribution in [0.3, 0.4) is 0 Å². The number of benzene rings is 2. The molecule has 2 nitrogen and oxygen atoms in total. The molecule has 0 aliphatic heterocycles. The summed E-state index contributed by atoms with van der Waals surface area (Å²) in [4.78, 5) is 0. The van der Waals surface area contributed by atoms with Crippen molar-refractivity contribution < 1.29 is 9.84 Å². The minimum absolute atomic E-state index is 0.0215. The lowest BCUT2D eigenvalue weighted by Crippen LogP contribution is -2.14. The maximum Gasteiger partial charge on any atom is 0.133 e. The summed E-state index contributed by atoms with van der Waals surface area (Å²) in [6.07, 6.45) is 4.25. The van der Waals surface area contributed by atoms with Gasteiger partial charge in [-0.15, -0.1) is 0 Å². The van der Waals surface area contributed by atoms with Crippen molar-refractivity contribution >= 4 is 0 Å². The van der Waals surface area contributed by atoms with Crippen molar-refractivity contribution in [2.24, 2.45) is 0 Å². The summed E-state index contributed by atoms with van der Waals surface area (Å²) in [7, 11) is 0. The molecule has 2 heteroatoms. The van der Waals surface area contributed by atoms with E-state index in [1.54, 1.807) is 12.3 Å². The zero-order valence-corrected chi connectivity index (χ0v) is 15.6. The molecule has 0 radical (unpaired) electrons. The van der Waals surface area contributed by atoms with Gasteiger partial charge in [0.2, 0.25) is 0 Å². The second-order valence-corrected chi connectivity index (χ2v) is 7.45. The van der Waals surface area contributed by atoms with Gasteiger partial charge in [-0.3, -0.25) is 0 Å². The van der Waals surface area contributed by atoms with Crippen molar-refractivity contribution in [2.45, 2.75) is 53.4 Å². The number of aromatic hydroxyl groups is 1. The van der Waals surface area contributed by atoms with E-state index < -0.39 is 0 Å². The van der Waals surface area contributed by atoms with Gasteiger partial charge in [-0.2, -0.15) is 0 Å². The van der Waals surface area contributed by atoms with Crippen LogP contribution in [0.25, 0.3) is 0 Å². The van der Waals surface area contributed by atoms with Gasteiger partial charge in [-0.1, -0.05) is 62.2 Å². The number of hydrogen-bond donors (Lipinski definition) is 1. The largest absolute Gasteiger partial charge is 0.508 e. The monoisotopic (exact) mass is 324 g/mol. The van der Waals surface area contributed by atoms with Crippen molar-refractivity contribution in [3.8, 4) is 11.5 Å². The Balaban J connectivity index is 2.59. The Bertz CT molecular complexity index is 749. The Morgan fingerprint density at radius 2 is 1.67 bits per heavy atom. The molecule has 0 bridgehead atoms. The van der Waals surface area contributed by atoms with Crippen molar-refractivity contribution in [3.63, 3.8) is 0 Å². The molecule has 0 aliphatic carbocycles. The highest BCUT2D eigenvalue weighted by Crippen LogP contribution is 2.37. The fourth-order valence-corrected chi connectivity index (χ4v) is 2.87. The highest BCUT2D eigenvalue weighted by molar-refractivity contribution is 5.51. The SMILES string of the molecule is CC=COc1c(Cc2cc(C)ccc2O)cc(C)cc1C(C)(C)C. The van der Waals surface area contributed by atoms with Crippen LogP contribution in [0.2, 0.25) is 0 Å². The Morgan fingerprint density at radius 3 is 2.29 bits per heavy atom. The van der Waals surface area contributed by atoms with Gasteiger partial charge in [0.05, 0.1) is 6.26 Å². The Morgan fingerprint density at radius 1 is 1.00 bits per heavy atom. The molecule has 0 saturated carbocycles. The molecular weight excluding hydrogens is 296 g/mol. The summed E-state index contributed by atoms with van der Waals surface area (Å²) in [5.74, 6) is 1.23. The third-order valence-electron chi connectivity index (χ3n) is 4.06. The van der Waals surface area contributed by atoms with E-state index in [1.165, 1.54) is 11.1 Å². The molecule has 0 amide bonds. The molecule has 0 saturated heterocycles. The third-order valence-corrected chi connectivity index (χ3v) is 4.06. The summed E-state index contributed by atoms with van der Waals surface area (Å²) < 4.78 is 5.98. The summed E-state index contributed by atoms with van der Waals surface area (Å²) in [6, 6.07) is 10.1. The zero-order valence-electron chi connectivity index (χ0n) is 15.6. The van der Waals surface area contributed by atoms with Gasteiger partial charge in [0.1, 0.15) is 11.5 Å². The van der Waals surface area contributed by atoms with E-state index in [0.717, 1.165) is 22.4 Å². The van der Waals surface area contributed by atoms with Gasteiger partial charge in [0, 0.05) is 12.0 Å². The van der Waals surface area contributed by atoms with E-state index in [2.05, 4.69) is 39.8 Å². The van der Waals surface area contributed by atoms with Crippen molar-refractivity contribution in [1.82, 2.24) is 0 Å². The average molecular weight is 324 g/mol. The molecule has 0 aromatic heterocycles. The van der Waals surface area contributed by atoms with E-state index in [9.17, 15) is 5.11 Å². The lowest BCUT2D eigenvalue weighted by Gasteiger charge is -2.25. The predicted octanol–water partition coefficient (Wildman–Crippen LogP) is 5.81. The van der Waals surface area contributed by atoms with Gasteiger partial charge in [-0.05, 0) is 43.4 Å². The first-order valence-electron chi connectivity index (χ1n) is 8.42. The smallest absolute Gasteiger partial charge is 0.133 e. The van der Waals surface area contributed by atoms with Crippen LogP contribution in [0.15, 0.2) is 42.7 Å². The van der Waals surface area contributed by atoms with Crippen LogP contribution >= 0.6 is 0 Å². The standard InChI is InChI=1S/C22H28O2/c1-7-10-24-21-18(12-16(3)13-19(21)22(4,5)6)14-17-11-15(2)8-9-20(17)23/h7-13,23H,14H2,1-6H3. The van der Waals surface area contributed by atoms with Crippen LogP contribution < -0.4 is 4.74 Å². The first kappa shape index (κ1) is 18.1. The lowest BCUT2D eigenvalue weighted by atomic mass is 9.83. The molecule has 0 unspecified atom stereocenters. The van der Waals surface area contributed by atoms with E-state index in [4.69, 9.17) is 4.74 Å². The highest BCUT2D eigenvalue weighted by atomic mass is 16.5. The fourth-order valence-electron chi connectivity index (χ4n) is 2.87. The number of hydrogen-bond acceptors (Lipinski definition) is 2. The van der Waals surface area contributed by atoms with Gasteiger partial charge in [-0.25, -0.2) is 0 Å². The number of rotatable bonds is 4. The molecule has 128 valence electrons. The third kappa shape index (κ3) is 4.19. The van der Waals surface area contributed by atoms with Crippen LogP contribution in [0.1, 0.15) is 55.5 Å². The summed E-state index contributed by atoms with van der Waals surface area (Å²) in [5, 5.41) is 10.2. The summed E-state index contributed by atoms with van der Waals surface area (Å²) in [5.41, 5.74) is 5.52. The minimum atomic E-state index is -0.0215.